The van der Waals surface area contributed by atoms with E-state index in [1.807, 2.05) is 11.8 Å². The van der Waals surface area contributed by atoms with Crippen molar-refractivity contribution in [2.24, 2.45) is 0 Å². The number of carbonyl (C=O) groups excluding carboxylic acids is 1. The van der Waals surface area contributed by atoms with Gasteiger partial charge in [0.2, 0.25) is 0 Å². The highest BCUT2D eigenvalue weighted by molar-refractivity contribution is 6.33. The Balaban J connectivity index is 1.83. The summed E-state index contributed by atoms with van der Waals surface area (Å²) in [4.78, 5) is 24.7. The zero-order chi connectivity index (χ0) is 17.9. The fourth-order valence-corrected chi connectivity index (χ4v) is 2.97. The molecule has 1 aromatic carbocycles. The zero-order valence-electron chi connectivity index (χ0n) is 13.6. The normalized spacial score (nSPS) is 19.7. The molecule has 1 aliphatic rings. The maximum absolute atomic E-state index is 13.4. The van der Waals surface area contributed by atoms with Gasteiger partial charge < -0.3 is 15.7 Å². The van der Waals surface area contributed by atoms with Crippen molar-refractivity contribution in [3.05, 3.63) is 28.5 Å². The van der Waals surface area contributed by atoms with Crippen LogP contribution in [0.3, 0.4) is 0 Å². The van der Waals surface area contributed by atoms with Crippen LogP contribution in [0, 0.1) is 12.7 Å². The van der Waals surface area contributed by atoms with Gasteiger partial charge in [-0.2, -0.15) is 0 Å². The number of urea groups is 1. The second kappa shape index (κ2) is 7.81. The van der Waals surface area contributed by atoms with Crippen LogP contribution < -0.4 is 10.6 Å². The van der Waals surface area contributed by atoms with Crippen LogP contribution in [0.5, 0.6) is 0 Å². The Hall–Kier alpha value is -1.86. The highest BCUT2D eigenvalue weighted by Gasteiger charge is 2.34. The number of carbonyl (C=O) groups is 2. The van der Waals surface area contributed by atoms with Gasteiger partial charge in [-0.15, -0.1) is 0 Å². The Morgan fingerprint density at radius 1 is 1.42 bits per heavy atom. The number of nitrogens with one attached hydrogen (secondary N) is 2. The zero-order valence-corrected chi connectivity index (χ0v) is 14.4. The number of aryl methyl sites for hydroxylation is 1. The Labute approximate surface area is 145 Å². The van der Waals surface area contributed by atoms with E-state index in [1.165, 1.54) is 6.07 Å². The third-order valence-corrected chi connectivity index (χ3v) is 4.52. The van der Waals surface area contributed by atoms with Gasteiger partial charge in [0.25, 0.3) is 0 Å². The van der Waals surface area contributed by atoms with E-state index in [0.29, 0.717) is 30.6 Å². The number of benzene rings is 1. The largest absolute Gasteiger partial charge is 0.480 e. The molecule has 0 atom stereocenters. The summed E-state index contributed by atoms with van der Waals surface area (Å²) in [5, 5.41) is 14.4. The van der Waals surface area contributed by atoms with E-state index in [0.717, 1.165) is 6.07 Å². The Morgan fingerprint density at radius 2 is 2.08 bits per heavy atom. The van der Waals surface area contributed by atoms with Crippen molar-refractivity contribution in [2.45, 2.75) is 38.8 Å². The summed E-state index contributed by atoms with van der Waals surface area (Å²) in [7, 11) is 0. The van der Waals surface area contributed by atoms with Crippen molar-refractivity contribution in [1.29, 1.82) is 0 Å². The average molecular weight is 358 g/mol. The van der Waals surface area contributed by atoms with E-state index >= 15 is 0 Å². The number of amides is 2. The fraction of sp³-hybridized carbons (Fsp3) is 0.500. The fourth-order valence-electron chi connectivity index (χ4n) is 2.77. The average Bonchev–Trinajstić information content (AvgIpc) is 2.45. The van der Waals surface area contributed by atoms with E-state index < -0.39 is 17.8 Å². The predicted octanol–water partition coefficient (Wildman–Crippen LogP) is 2.85. The SMILES string of the molecule is CCN(CC(=O)O)C1CC(NC(=O)Nc2cc(C)c(F)cc2Cl)C1. The molecule has 2 rings (SSSR count). The first-order valence-corrected chi connectivity index (χ1v) is 8.17. The number of nitrogens with zero attached hydrogens (tertiary/aromatic N) is 1. The van der Waals surface area contributed by atoms with Gasteiger partial charge in [0, 0.05) is 12.1 Å². The van der Waals surface area contributed by atoms with Crippen LogP contribution >= 0.6 is 11.6 Å². The van der Waals surface area contributed by atoms with Gasteiger partial charge in [-0.1, -0.05) is 18.5 Å². The van der Waals surface area contributed by atoms with Crippen molar-refractivity contribution in [3.8, 4) is 0 Å². The molecule has 24 heavy (non-hydrogen) atoms. The topological polar surface area (TPSA) is 81.7 Å². The molecular formula is C16H21ClFN3O3. The first-order chi connectivity index (χ1) is 11.3. The summed E-state index contributed by atoms with van der Waals surface area (Å²) < 4.78 is 13.4. The molecule has 8 heteroatoms. The van der Waals surface area contributed by atoms with E-state index in [4.69, 9.17) is 16.7 Å². The first kappa shape index (κ1) is 18.5. The van der Waals surface area contributed by atoms with Crippen LogP contribution in [-0.4, -0.2) is 47.2 Å². The number of carboxylic acid groups (broad SMARTS) is 1. The molecule has 0 heterocycles. The van der Waals surface area contributed by atoms with E-state index in [2.05, 4.69) is 10.6 Å². The van der Waals surface area contributed by atoms with Gasteiger partial charge in [0.1, 0.15) is 5.82 Å². The highest BCUT2D eigenvalue weighted by atomic mass is 35.5. The quantitative estimate of drug-likeness (QED) is 0.731. The lowest BCUT2D eigenvalue weighted by molar-refractivity contribution is -0.139. The van der Waals surface area contributed by atoms with Crippen LogP contribution in [0.4, 0.5) is 14.9 Å². The molecule has 0 bridgehead atoms. The first-order valence-electron chi connectivity index (χ1n) is 7.79. The number of likely N-dealkylation sites (N-methyl/N-ethyl adjacent to an activating group) is 1. The number of anilines is 1. The third kappa shape index (κ3) is 4.58. The third-order valence-electron chi connectivity index (χ3n) is 4.21. The summed E-state index contributed by atoms with van der Waals surface area (Å²) in [5.74, 6) is -1.28. The lowest BCUT2D eigenvalue weighted by Gasteiger charge is -2.42. The van der Waals surface area contributed by atoms with Gasteiger partial charge in [0.15, 0.2) is 0 Å². The Morgan fingerprint density at radius 3 is 2.67 bits per heavy atom. The standard InChI is InChI=1S/C16H21ClFN3O3/c1-3-21(8-15(22)23)11-5-10(6-11)19-16(24)20-14-4-9(2)13(18)7-12(14)17/h4,7,10-11H,3,5-6,8H2,1-2H3,(H,22,23)(H2,19,20,24). The lowest BCUT2D eigenvalue weighted by atomic mass is 9.85. The molecule has 0 aromatic heterocycles. The maximum atomic E-state index is 13.4. The molecule has 1 aliphatic carbocycles. The molecule has 0 aliphatic heterocycles. The minimum absolute atomic E-state index is 0.00451. The number of aliphatic carboxylic acids is 1. The molecule has 0 unspecified atom stereocenters. The predicted molar refractivity (Wildman–Crippen MR) is 90.0 cm³/mol. The molecule has 0 saturated heterocycles. The second-order valence-corrected chi connectivity index (χ2v) is 6.37. The molecule has 2 amide bonds. The summed E-state index contributed by atoms with van der Waals surface area (Å²) in [6.45, 7) is 4.16. The van der Waals surface area contributed by atoms with Crippen molar-refractivity contribution < 1.29 is 19.1 Å². The minimum Gasteiger partial charge on any atom is -0.480 e. The Kier molecular flexibility index (Phi) is 6.01. The molecule has 6 nitrogen and oxygen atoms in total. The van der Waals surface area contributed by atoms with Crippen molar-refractivity contribution >= 4 is 29.3 Å². The van der Waals surface area contributed by atoms with Gasteiger partial charge in [0.05, 0.1) is 17.3 Å². The maximum Gasteiger partial charge on any atom is 0.319 e. The molecule has 3 N–H and O–H groups in total. The molecular weight excluding hydrogens is 337 g/mol. The number of halogens is 2. The summed E-state index contributed by atoms with van der Waals surface area (Å²) in [6, 6.07) is 2.38. The van der Waals surface area contributed by atoms with E-state index in [-0.39, 0.29) is 23.7 Å². The highest BCUT2D eigenvalue weighted by Crippen LogP contribution is 2.27. The lowest BCUT2D eigenvalue weighted by Crippen LogP contribution is -2.55. The number of hydrogen-bond acceptors (Lipinski definition) is 3. The molecule has 1 saturated carbocycles. The summed E-state index contributed by atoms with van der Waals surface area (Å²) in [6.07, 6.45) is 1.40. The van der Waals surface area contributed by atoms with Crippen LogP contribution in [0.2, 0.25) is 5.02 Å². The monoisotopic (exact) mass is 357 g/mol. The Bertz CT molecular complexity index is 635. The van der Waals surface area contributed by atoms with Crippen LogP contribution in [0.15, 0.2) is 12.1 Å². The van der Waals surface area contributed by atoms with Crippen molar-refractivity contribution in [3.63, 3.8) is 0 Å². The van der Waals surface area contributed by atoms with Crippen LogP contribution in [0.25, 0.3) is 0 Å². The van der Waals surface area contributed by atoms with Crippen LogP contribution in [-0.2, 0) is 4.79 Å². The van der Waals surface area contributed by atoms with Gasteiger partial charge in [-0.05, 0) is 44.0 Å². The van der Waals surface area contributed by atoms with Gasteiger partial charge >= 0.3 is 12.0 Å². The summed E-state index contributed by atoms with van der Waals surface area (Å²) >= 11 is 5.92. The number of rotatable bonds is 6. The van der Waals surface area contributed by atoms with Gasteiger partial charge in [-0.3, -0.25) is 9.69 Å². The summed E-state index contributed by atoms with van der Waals surface area (Å²) in [5.41, 5.74) is 0.746. The molecule has 132 valence electrons. The molecule has 0 spiro atoms. The molecule has 0 radical (unpaired) electrons. The van der Waals surface area contributed by atoms with E-state index in [9.17, 15) is 14.0 Å². The smallest absolute Gasteiger partial charge is 0.319 e. The van der Waals surface area contributed by atoms with Crippen molar-refractivity contribution in [1.82, 2.24) is 10.2 Å². The van der Waals surface area contributed by atoms with Gasteiger partial charge in [-0.25, -0.2) is 9.18 Å². The van der Waals surface area contributed by atoms with E-state index in [1.54, 1.807) is 6.92 Å². The molecule has 1 fully saturated rings. The van der Waals surface area contributed by atoms with Crippen LogP contribution in [0.1, 0.15) is 25.3 Å². The van der Waals surface area contributed by atoms with Crippen molar-refractivity contribution in [2.75, 3.05) is 18.4 Å². The number of carboxylic acids is 1. The molecule has 1 aromatic rings. The number of hydrogen-bond donors (Lipinski definition) is 3. The minimum atomic E-state index is -0.854. The second-order valence-electron chi connectivity index (χ2n) is 5.96.